The summed E-state index contributed by atoms with van der Waals surface area (Å²) in [5.74, 6) is -0.956. The van der Waals surface area contributed by atoms with Crippen LogP contribution in [0.3, 0.4) is 0 Å². The summed E-state index contributed by atoms with van der Waals surface area (Å²) in [6.07, 6.45) is 0.00590. The molecule has 0 unspecified atom stereocenters. The van der Waals surface area contributed by atoms with Gasteiger partial charge in [0.2, 0.25) is 11.8 Å². The Morgan fingerprint density at radius 1 is 1.09 bits per heavy atom. The maximum absolute atomic E-state index is 12.2. The molecule has 0 radical (unpaired) electrons. The van der Waals surface area contributed by atoms with Gasteiger partial charge in [-0.15, -0.1) is 0 Å². The fraction of sp³-hybridized carbons (Fsp3) is 0.800. The number of amides is 2. The van der Waals surface area contributed by atoms with Crippen molar-refractivity contribution in [1.82, 2.24) is 10.6 Å². The third kappa shape index (κ3) is 7.00. The monoisotopic (exact) mass is 315 g/mol. The van der Waals surface area contributed by atoms with E-state index in [0.29, 0.717) is 12.7 Å². The summed E-state index contributed by atoms with van der Waals surface area (Å²) in [7, 11) is 0. The van der Waals surface area contributed by atoms with Gasteiger partial charge in [-0.1, -0.05) is 27.7 Å². The zero-order valence-electron chi connectivity index (χ0n) is 14.0. The largest absolute Gasteiger partial charge is 0.391 e. The van der Waals surface area contributed by atoms with Crippen LogP contribution in [0.25, 0.3) is 0 Å². The van der Waals surface area contributed by atoms with E-state index in [9.17, 15) is 19.5 Å². The Kier molecular flexibility index (Phi) is 8.89. The minimum atomic E-state index is -1.15. The van der Waals surface area contributed by atoms with Gasteiger partial charge in [-0.05, 0) is 25.2 Å². The van der Waals surface area contributed by atoms with E-state index < -0.39 is 36.0 Å². The van der Waals surface area contributed by atoms with Crippen molar-refractivity contribution in [3.05, 3.63) is 0 Å². The highest BCUT2D eigenvalue weighted by Crippen LogP contribution is 2.05. The number of hydrogen-bond acceptors (Lipinski definition) is 5. The Bertz CT molecular complexity index is 383. The Hall–Kier alpha value is -1.47. The lowest BCUT2D eigenvalue weighted by molar-refractivity contribution is -0.133. The van der Waals surface area contributed by atoms with Crippen LogP contribution in [-0.4, -0.2) is 47.4 Å². The maximum atomic E-state index is 12.2. The van der Waals surface area contributed by atoms with E-state index in [1.165, 1.54) is 6.92 Å². The molecule has 0 rings (SSSR count). The van der Waals surface area contributed by atoms with Crippen LogP contribution in [0, 0.1) is 11.8 Å². The second-order valence-electron chi connectivity index (χ2n) is 6.38. The quantitative estimate of drug-likeness (QED) is 0.430. The first kappa shape index (κ1) is 20.5. The molecule has 7 nitrogen and oxygen atoms in total. The molecule has 0 aliphatic rings. The van der Waals surface area contributed by atoms with Crippen LogP contribution in [-0.2, 0) is 14.4 Å². The van der Waals surface area contributed by atoms with Crippen LogP contribution in [0.4, 0.5) is 0 Å². The van der Waals surface area contributed by atoms with E-state index in [2.05, 4.69) is 10.6 Å². The minimum absolute atomic E-state index is 0.0880. The summed E-state index contributed by atoms with van der Waals surface area (Å²) in [5, 5.41) is 14.7. The maximum Gasteiger partial charge on any atom is 0.245 e. The highest BCUT2D eigenvalue weighted by molar-refractivity contribution is 5.91. The third-order valence-corrected chi connectivity index (χ3v) is 3.30. The first-order valence-electron chi connectivity index (χ1n) is 7.59. The Balaban J connectivity index is 4.82. The highest BCUT2D eigenvalue weighted by atomic mass is 16.3. The molecule has 0 aromatic rings. The van der Waals surface area contributed by atoms with Gasteiger partial charge in [0, 0.05) is 0 Å². The van der Waals surface area contributed by atoms with Gasteiger partial charge < -0.3 is 26.3 Å². The number of nitrogens with one attached hydrogen (secondary N) is 2. The number of carbonyl (C=O) groups excluding carboxylic acids is 3. The molecular formula is C15H29N3O4. The van der Waals surface area contributed by atoms with Crippen molar-refractivity contribution >= 4 is 18.1 Å². The van der Waals surface area contributed by atoms with E-state index in [0.717, 1.165) is 0 Å². The lowest BCUT2D eigenvalue weighted by atomic mass is 10.0. The molecule has 0 bridgehead atoms. The molecule has 0 aliphatic heterocycles. The standard InChI is InChI=1S/C15H29N3O4/c1-8(2)6-11(16)14(21)18-13(10(5)20)15(22)17-12(7-19)9(3)4/h7-13,20H,6,16H2,1-5H3,(H,17,22)(H,18,21)/t10-,11+,12-,13+/m1/s1. The summed E-state index contributed by atoms with van der Waals surface area (Å²) >= 11 is 0. The van der Waals surface area contributed by atoms with Crippen molar-refractivity contribution in [1.29, 1.82) is 0 Å². The van der Waals surface area contributed by atoms with E-state index in [1.54, 1.807) is 13.8 Å². The second-order valence-corrected chi connectivity index (χ2v) is 6.38. The van der Waals surface area contributed by atoms with Crippen molar-refractivity contribution < 1.29 is 19.5 Å². The molecule has 128 valence electrons. The molecule has 4 atom stereocenters. The van der Waals surface area contributed by atoms with Crippen molar-refractivity contribution in [2.45, 2.75) is 65.3 Å². The van der Waals surface area contributed by atoms with Gasteiger partial charge in [0.05, 0.1) is 18.2 Å². The van der Waals surface area contributed by atoms with Crippen molar-refractivity contribution in [2.24, 2.45) is 17.6 Å². The molecule has 0 heterocycles. The Morgan fingerprint density at radius 3 is 2.00 bits per heavy atom. The molecule has 0 aliphatic carbocycles. The van der Waals surface area contributed by atoms with Crippen LogP contribution in [0.1, 0.15) is 41.0 Å². The fourth-order valence-electron chi connectivity index (χ4n) is 1.89. The van der Waals surface area contributed by atoms with Gasteiger partial charge in [0.15, 0.2) is 0 Å². The predicted molar refractivity (Wildman–Crippen MR) is 83.9 cm³/mol. The summed E-state index contributed by atoms with van der Waals surface area (Å²) in [4.78, 5) is 35.1. The Morgan fingerprint density at radius 2 is 1.64 bits per heavy atom. The molecule has 0 saturated heterocycles. The zero-order valence-corrected chi connectivity index (χ0v) is 14.0. The van der Waals surface area contributed by atoms with Crippen molar-refractivity contribution in [3.8, 4) is 0 Å². The number of aliphatic hydroxyl groups is 1. The van der Waals surface area contributed by atoms with Gasteiger partial charge in [0.1, 0.15) is 12.3 Å². The van der Waals surface area contributed by atoms with E-state index in [4.69, 9.17) is 5.73 Å². The number of rotatable bonds is 9. The molecule has 0 aromatic heterocycles. The summed E-state index contributed by atoms with van der Waals surface area (Å²) in [6.45, 7) is 8.83. The number of nitrogens with two attached hydrogens (primary N) is 1. The minimum Gasteiger partial charge on any atom is -0.391 e. The van der Waals surface area contributed by atoms with Crippen LogP contribution in [0.2, 0.25) is 0 Å². The number of carbonyl (C=O) groups is 3. The number of aldehydes is 1. The normalized spacial score (nSPS) is 16.8. The number of hydrogen-bond donors (Lipinski definition) is 4. The van der Waals surface area contributed by atoms with E-state index >= 15 is 0 Å². The molecule has 2 amide bonds. The van der Waals surface area contributed by atoms with Crippen LogP contribution < -0.4 is 16.4 Å². The summed E-state index contributed by atoms with van der Waals surface area (Å²) in [5.41, 5.74) is 5.76. The molecule has 0 saturated carbocycles. The molecule has 5 N–H and O–H groups in total. The summed E-state index contributed by atoms with van der Waals surface area (Å²) < 4.78 is 0. The van der Waals surface area contributed by atoms with Gasteiger partial charge in [-0.2, -0.15) is 0 Å². The molecule has 22 heavy (non-hydrogen) atoms. The third-order valence-electron chi connectivity index (χ3n) is 3.30. The van der Waals surface area contributed by atoms with Gasteiger partial charge in [-0.25, -0.2) is 0 Å². The van der Waals surface area contributed by atoms with E-state index in [-0.39, 0.29) is 11.8 Å². The van der Waals surface area contributed by atoms with Crippen LogP contribution in [0.15, 0.2) is 0 Å². The average molecular weight is 315 g/mol. The van der Waals surface area contributed by atoms with Crippen LogP contribution in [0.5, 0.6) is 0 Å². The first-order valence-corrected chi connectivity index (χ1v) is 7.59. The Labute approximate surface area is 132 Å². The predicted octanol–water partition coefficient (Wildman–Crippen LogP) is -0.435. The smallest absolute Gasteiger partial charge is 0.245 e. The highest BCUT2D eigenvalue weighted by Gasteiger charge is 2.29. The molecule has 0 aromatic carbocycles. The van der Waals surface area contributed by atoms with Crippen molar-refractivity contribution in [2.75, 3.05) is 0 Å². The van der Waals surface area contributed by atoms with E-state index in [1.807, 2.05) is 13.8 Å². The average Bonchev–Trinajstić information content (AvgIpc) is 2.39. The topological polar surface area (TPSA) is 122 Å². The lowest BCUT2D eigenvalue weighted by Crippen LogP contribution is -2.58. The number of aliphatic hydroxyl groups excluding tert-OH is 1. The lowest BCUT2D eigenvalue weighted by Gasteiger charge is -2.25. The summed E-state index contributed by atoms with van der Waals surface area (Å²) in [6, 6.07) is -2.57. The molecular weight excluding hydrogens is 286 g/mol. The van der Waals surface area contributed by atoms with Crippen LogP contribution >= 0.6 is 0 Å². The first-order chi connectivity index (χ1) is 10.1. The van der Waals surface area contributed by atoms with Crippen molar-refractivity contribution in [3.63, 3.8) is 0 Å². The zero-order chi connectivity index (χ0) is 17.4. The van der Waals surface area contributed by atoms with Gasteiger partial charge >= 0.3 is 0 Å². The van der Waals surface area contributed by atoms with Gasteiger partial charge in [-0.3, -0.25) is 9.59 Å². The second kappa shape index (κ2) is 9.53. The fourth-order valence-corrected chi connectivity index (χ4v) is 1.89. The molecule has 0 spiro atoms. The molecule has 0 fully saturated rings. The molecule has 7 heteroatoms. The van der Waals surface area contributed by atoms with Gasteiger partial charge in [0.25, 0.3) is 0 Å². The SMILES string of the molecule is CC(C)C[C@H](N)C(=O)N[C@H](C(=O)N[C@H](C=O)C(C)C)[C@@H](C)O.